The molecule has 40 heavy (non-hydrogen) atoms. The van der Waals surface area contributed by atoms with Crippen LogP contribution >= 0.6 is 0 Å². The van der Waals surface area contributed by atoms with Gasteiger partial charge in [0.2, 0.25) is 10.0 Å². The Bertz CT molecular complexity index is 1570. The molecule has 2 heterocycles. The molecule has 2 aliphatic heterocycles. The van der Waals surface area contributed by atoms with Crippen molar-refractivity contribution in [2.24, 2.45) is 0 Å². The van der Waals surface area contributed by atoms with Gasteiger partial charge in [0, 0.05) is 13.1 Å². The second-order valence-electron chi connectivity index (χ2n) is 9.65. The second-order valence-corrected chi connectivity index (χ2v) is 13.4. The first-order valence-electron chi connectivity index (χ1n) is 13.0. The molecule has 0 aliphatic carbocycles. The van der Waals surface area contributed by atoms with E-state index in [0.717, 1.165) is 18.4 Å². The third-order valence-electron chi connectivity index (χ3n) is 6.83. The number of benzene rings is 3. The highest BCUT2D eigenvalue weighted by Crippen LogP contribution is 2.36. The first-order valence-corrected chi connectivity index (χ1v) is 15.9. The van der Waals surface area contributed by atoms with E-state index < -0.39 is 32.1 Å². The lowest BCUT2D eigenvalue weighted by Gasteiger charge is -2.34. The topological polar surface area (TPSA) is 122 Å². The molecule has 0 bridgehead atoms. The average molecular weight is 586 g/mol. The van der Waals surface area contributed by atoms with Crippen LogP contribution in [-0.2, 0) is 24.8 Å². The summed E-state index contributed by atoms with van der Waals surface area (Å²) in [6.07, 6.45) is 0.668. The number of fused-ring (bicyclic) bond motifs is 1. The summed E-state index contributed by atoms with van der Waals surface area (Å²) in [6, 6.07) is 19.4. The highest BCUT2D eigenvalue weighted by atomic mass is 32.2. The molecule has 3 aromatic rings. The Balaban J connectivity index is 1.19. The highest BCUT2D eigenvalue weighted by molar-refractivity contribution is 7.92. The molecule has 0 aromatic heterocycles. The third kappa shape index (κ3) is 5.79. The number of carbonyl (C=O) groups is 1. The van der Waals surface area contributed by atoms with Crippen molar-refractivity contribution in [2.75, 3.05) is 37.1 Å². The number of nitrogens with one attached hydrogen (secondary N) is 1. The Labute approximate surface area is 234 Å². The number of hydrogen-bond donors (Lipinski definition) is 1. The quantitative estimate of drug-likeness (QED) is 0.383. The SMILES string of the molecule is Cc1ccc(S(=O)(=O)N2C[C@H](C(=O)NCCOc3ccc(S(=O)(=O)N4CCCC4)cc3)Oc3ccccc32)cc1. The summed E-state index contributed by atoms with van der Waals surface area (Å²) in [5, 5.41) is 2.73. The van der Waals surface area contributed by atoms with Gasteiger partial charge in [-0.1, -0.05) is 29.8 Å². The largest absolute Gasteiger partial charge is 0.492 e. The Morgan fingerprint density at radius 1 is 0.900 bits per heavy atom. The van der Waals surface area contributed by atoms with E-state index in [1.165, 1.54) is 20.7 Å². The fourth-order valence-corrected chi connectivity index (χ4v) is 7.64. The minimum atomic E-state index is -3.94. The van der Waals surface area contributed by atoms with Gasteiger partial charge in [-0.3, -0.25) is 9.10 Å². The highest BCUT2D eigenvalue weighted by Gasteiger charge is 2.37. The summed E-state index contributed by atoms with van der Waals surface area (Å²) in [7, 11) is -7.44. The zero-order valence-electron chi connectivity index (χ0n) is 22.0. The van der Waals surface area contributed by atoms with E-state index in [2.05, 4.69) is 5.32 Å². The van der Waals surface area contributed by atoms with E-state index in [9.17, 15) is 21.6 Å². The summed E-state index contributed by atoms with van der Waals surface area (Å²) in [5.41, 5.74) is 1.30. The number of sulfonamides is 2. The van der Waals surface area contributed by atoms with E-state index in [-0.39, 0.29) is 29.5 Å². The number of nitrogens with zero attached hydrogens (tertiary/aromatic N) is 2. The normalized spacial score (nSPS) is 17.6. The van der Waals surface area contributed by atoms with Crippen LogP contribution in [-0.4, -0.2) is 65.9 Å². The van der Waals surface area contributed by atoms with Crippen LogP contribution in [0.5, 0.6) is 11.5 Å². The van der Waals surface area contributed by atoms with Crippen molar-refractivity contribution in [2.45, 2.75) is 35.7 Å². The van der Waals surface area contributed by atoms with Gasteiger partial charge in [-0.25, -0.2) is 16.8 Å². The third-order valence-corrected chi connectivity index (χ3v) is 10.5. The van der Waals surface area contributed by atoms with E-state index in [4.69, 9.17) is 9.47 Å². The second kappa shape index (κ2) is 11.5. The van der Waals surface area contributed by atoms with E-state index in [1.807, 2.05) is 6.92 Å². The number of anilines is 1. The van der Waals surface area contributed by atoms with Crippen molar-refractivity contribution >= 4 is 31.6 Å². The Morgan fingerprint density at radius 3 is 2.23 bits per heavy atom. The van der Waals surface area contributed by atoms with Crippen LogP contribution < -0.4 is 19.1 Å². The van der Waals surface area contributed by atoms with Gasteiger partial charge >= 0.3 is 0 Å². The lowest BCUT2D eigenvalue weighted by atomic mass is 10.2. The molecule has 3 aromatic carbocycles. The number of carbonyl (C=O) groups excluding carboxylic acids is 1. The van der Waals surface area contributed by atoms with Crippen LogP contribution in [0, 0.1) is 6.92 Å². The van der Waals surface area contributed by atoms with Crippen LogP contribution in [0.3, 0.4) is 0 Å². The van der Waals surface area contributed by atoms with Crippen LogP contribution in [0.25, 0.3) is 0 Å². The van der Waals surface area contributed by atoms with Gasteiger partial charge in [-0.15, -0.1) is 0 Å². The maximum atomic E-state index is 13.5. The summed E-state index contributed by atoms with van der Waals surface area (Å²) in [5.74, 6) is 0.284. The molecule has 1 N–H and O–H groups in total. The van der Waals surface area contributed by atoms with Gasteiger partial charge < -0.3 is 14.8 Å². The summed E-state index contributed by atoms with van der Waals surface area (Å²) in [4.78, 5) is 13.3. The molecule has 0 radical (unpaired) electrons. The summed E-state index contributed by atoms with van der Waals surface area (Å²) < 4.78 is 66.5. The Hall–Kier alpha value is -3.61. The minimum absolute atomic E-state index is 0.124. The predicted molar refractivity (Wildman–Crippen MR) is 150 cm³/mol. The molecule has 12 heteroatoms. The maximum absolute atomic E-state index is 13.5. The van der Waals surface area contributed by atoms with Gasteiger partial charge in [-0.05, 0) is 68.3 Å². The summed E-state index contributed by atoms with van der Waals surface area (Å²) >= 11 is 0. The lowest BCUT2D eigenvalue weighted by molar-refractivity contribution is -0.127. The minimum Gasteiger partial charge on any atom is -0.492 e. The van der Waals surface area contributed by atoms with Gasteiger partial charge in [0.25, 0.3) is 15.9 Å². The number of amides is 1. The van der Waals surface area contributed by atoms with Crippen LogP contribution in [0.1, 0.15) is 18.4 Å². The van der Waals surface area contributed by atoms with E-state index in [0.29, 0.717) is 30.3 Å². The fourth-order valence-electron chi connectivity index (χ4n) is 4.65. The van der Waals surface area contributed by atoms with Gasteiger partial charge in [0.15, 0.2) is 6.10 Å². The molecule has 10 nitrogen and oxygen atoms in total. The number of hydrogen-bond acceptors (Lipinski definition) is 7. The smallest absolute Gasteiger partial charge is 0.264 e. The van der Waals surface area contributed by atoms with Crippen molar-refractivity contribution in [3.05, 3.63) is 78.4 Å². The Kier molecular flexibility index (Phi) is 8.02. The molecule has 2 aliphatic rings. The first kappa shape index (κ1) is 27.9. The first-order chi connectivity index (χ1) is 19.2. The fraction of sp³-hybridized carbons (Fsp3) is 0.321. The molecular weight excluding hydrogens is 554 g/mol. The number of aryl methyl sites for hydroxylation is 1. The molecule has 0 spiro atoms. The lowest BCUT2D eigenvalue weighted by Crippen LogP contribution is -2.51. The van der Waals surface area contributed by atoms with Gasteiger partial charge in [0.1, 0.15) is 18.1 Å². The molecule has 5 rings (SSSR count). The van der Waals surface area contributed by atoms with Crippen molar-refractivity contribution in [1.29, 1.82) is 0 Å². The standard InChI is InChI=1S/C28H31N3O7S2/c1-21-8-12-24(13-9-21)40(35,36)31-20-27(38-26-7-3-2-6-25(26)31)28(32)29-16-19-37-22-10-14-23(15-11-22)39(33,34)30-17-4-5-18-30/h2-3,6-15,27H,4-5,16-20H2,1H3,(H,29,32)/t27-/m1/s1. The monoisotopic (exact) mass is 585 g/mol. The molecule has 212 valence electrons. The number of rotatable bonds is 9. The molecule has 1 saturated heterocycles. The average Bonchev–Trinajstić information content (AvgIpc) is 3.51. The molecule has 1 atom stereocenters. The zero-order valence-corrected chi connectivity index (χ0v) is 23.7. The maximum Gasteiger partial charge on any atom is 0.264 e. The van der Waals surface area contributed by atoms with Crippen LogP contribution in [0.2, 0.25) is 0 Å². The van der Waals surface area contributed by atoms with Crippen molar-refractivity contribution < 1.29 is 31.1 Å². The predicted octanol–water partition coefficient (Wildman–Crippen LogP) is 2.93. The molecule has 0 unspecified atom stereocenters. The van der Waals surface area contributed by atoms with Gasteiger partial charge in [-0.2, -0.15) is 4.31 Å². The molecule has 0 saturated carbocycles. The number of para-hydroxylation sites is 2. The number of ether oxygens (including phenoxy) is 2. The Morgan fingerprint density at radius 2 is 1.52 bits per heavy atom. The van der Waals surface area contributed by atoms with Crippen molar-refractivity contribution in [3.63, 3.8) is 0 Å². The zero-order chi connectivity index (χ0) is 28.3. The molecule has 1 fully saturated rings. The van der Waals surface area contributed by atoms with Crippen molar-refractivity contribution in [3.8, 4) is 11.5 Å². The van der Waals surface area contributed by atoms with Crippen LogP contribution in [0.4, 0.5) is 5.69 Å². The van der Waals surface area contributed by atoms with E-state index >= 15 is 0 Å². The molecule has 1 amide bonds. The van der Waals surface area contributed by atoms with Crippen LogP contribution in [0.15, 0.2) is 82.6 Å². The molecular formula is C28H31N3O7S2. The van der Waals surface area contributed by atoms with Gasteiger partial charge in [0.05, 0.1) is 28.6 Å². The van der Waals surface area contributed by atoms with E-state index in [1.54, 1.807) is 60.7 Å². The van der Waals surface area contributed by atoms with Crippen molar-refractivity contribution in [1.82, 2.24) is 9.62 Å². The summed E-state index contributed by atoms with van der Waals surface area (Å²) in [6.45, 7) is 3.02.